The zero-order valence-electron chi connectivity index (χ0n) is 17.7. The van der Waals surface area contributed by atoms with Gasteiger partial charge in [0.1, 0.15) is 0 Å². The molecule has 0 unspecified atom stereocenters. The lowest BCUT2D eigenvalue weighted by molar-refractivity contribution is -0.147. The van der Waals surface area contributed by atoms with Gasteiger partial charge < -0.3 is 24.8 Å². The Morgan fingerprint density at radius 3 is 2.47 bits per heavy atom. The average Bonchev–Trinajstić information content (AvgIpc) is 3.38. The largest absolute Gasteiger partial charge is 0.456 e. The van der Waals surface area contributed by atoms with Crippen molar-refractivity contribution in [3.63, 3.8) is 0 Å². The van der Waals surface area contributed by atoms with Gasteiger partial charge in [-0.3, -0.25) is 14.4 Å². The monoisotopic (exact) mass is 438 g/mol. The Morgan fingerprint density at radius 1 is 0.938 bits per heavy atom. The van der Waals surface area contributed by atoms with Gasteiger partial charge in [-0.2, -0.15) is 0 Å². The maximum Gasteiger partial charge on any atom is 0.308 e. The molecule has 32 heavy (non-hydrogen) atoms. The summed E-state index contributed by atoms with van der Waals surface area (Å²) < 4.78 is 16.9. The summed E-state index contributed by atoms with van der Waals surface area (Å²) in [5, 5.41) is 5.35. The third-order valence-corrected chi connectivity index (χ3v) is 5.41. The van der Waals surface area contributed by atoms with E-state index in [1.165, 1.54) is 0 Å². The number of ether oxygens (including phenoxy) is 3. The SMILES string of the molecule is O=C(Cc1ccccc1)NCCC(=O)OCC(=O)Nc1ccc2c(c1)OC1(CCCC1)O2. The number of hydrogen-bond acceptors (Lipinski definition) is 6. The summed E-state index contributed by atoms with van der Waals surface area (Å²) in [6.45, 7) is -0.259. The Kier molecular flexibility index (Phi) is 6.58. The molecule has 0 aromatic heterocycles. The van der Waals surface area contributed by atoms with Crippen molar-refractivity contribution in [3.8, 4) is 11.5 Å². The number of anilines is 1. The highest BCUT2D eigenvalue weighted by Crippen LogP contribution is 2.47. The Balaban J connectivity index is 1.15. The summed E-state index contributed by atoms with van der Waals surface area (Å²) in [4.78, 5) is 35.8. The second-order valence-corrected chi connectivity index (χ2v) is 7.95. The molecule has 2 aliphatic rings. The van der Waals surface area contributed by atoms with Gasteiger partial charge in [0.25, 0.3) is 11.7 Å². The fourth-order valence-corrected chi connectivity index (χ4v) is 3.85. The lowest BCUT2D eigenvalue weighted by Crippen LogP contribution is -2.34. The first-order valence-electron chi connectivity index (χ1n) is 10.8. The van der Waals surface area contributed by atoms with Crippen molar-refractivity contribution in [1.82, 2.24) is 5.32 Å². The summed E-state index contributed by atoms with van der Waals surface area (Å²) in [7, 11) is 0. The number of benzene rings is 2. The molecule has 8 nitrogen and oxygen atoms in total. The van der Waals surface area contributed by atoms with E-state index in [4.69, 9.17) is 14.2 Å². The predicted octanol–water partition coefficient (Wildman–Crippen LogP) is 2.96. The van der Waals surface area contributed by atoms with Gasteiger partial charge in [0.2, 0.25) is 5.91 Å². The molecule has 8 heteroatoms. The van der Waals surface area contributed by atoms with Crippen LogP contribution in [0.1, 0.15) is 37.7 Å². The summed E-state index contributed by atoms with van der Waals surface area (Å²) in [5.74, 6) is -0.478. The van der Waals surface area contributed by atoms with Crippen molar-refractivity contribution in [2.24, 2.45) is 0 Å². The Hall–Kier alpha value is -3.55. The van der Waals surface area contributed by atoms with E-state index < -0.39 is 24.3 Å². The van der Waals surface area contributed by atoms with E-state index in [9.17, 15) is 14.4 Å². The first-order chi connectivity index (χ1) is 15.5. The third kappa shape index (κ3) is 5.57. The second kappa shape index (κ2) is 9.72. The number of rotatable bonds is 8. The van der Waals surface area contributed by atoms with Crippen LogP contribution in [0, 0.1) is 0 Å². The number of fused-ring (bicyclic) bond motifs is 1. The van der Waals surface area contributed by atoms with Crippen LogP contribution in [0.2, 0.25) is 0 Å². The fraction of sp³-hybridized carbons (Fsp3) is 0.375. The number of hydrogen-bond donors (Lipinski definition) is 2. The van der Waals surface area contributed by atoms with Crippen LogP contribution < -0.4 is 20.1 Å². The van der Waals surface area contributed by atoms with Crippen LogP contribution in [0.4, 0.5) is 5.69 Å². The van der Waals surface area contributed by atoms with Crippen LogP contribution in [0.3, 0.4) is 0 Å². The summed E-state index contributed by atoms with van der Waals surface area (Å²) >= 11 is 0. The van der Waals surface area contributed by atoms with Crippen molar-refractivity contribution in [1.29, 1.82) is 0 Å². The second-order valence-electron chi connectivity index (χ2n) is 7.95. The smallest absolute Gasteiger partial charge is 0.308 e. The van der Waals surface area contributed by atoms with Gasteiger partial charge in [0, 0.05) is 31.1 Å². The van der Waals surface area contributed by atoms with Crippen molar-refractivity contribution >= 4 is 23.5 Å². The van der Waals surface area contributed by atoms with E-state index in [-0.39, 0.29) is 25.3 Å². The summed E-state index contributed by atoms with van der Waals surface area (Å²) in [6, 6.07) is 14.5. The van der Waals surface area contributed by atoms with E-state index in [1.807, 2.05) is 30.3 Å². The lowest BCUT2D eigenvalue weighted by atomic mass is 10.1. The third-order valence-electron chi connectivity index (χ3n) is 5.41. The highest BCUT2D eigenvalue weighted by atomic mass is 16.7. The molecule has 4 rings (SSSR count). The standard InChI is InChI=1S/C24H26N2O6/c27-21(14-17-6-2-1-3-7-17)25-13-10-23(29)30-16-22(28)26-18-8-9-19-20(15-18)32-24(31-19)11-4-5-12-24/h1-3,6-9,15H,4-5,10-14,16H2,(H,25,27)(H,26,28). The van der Waals surface area contributed by atoms with Crippen LogP contribution >= 0.6 is 0 Å². The zero-order valence-corrected chi connectivity index (χ0v) is 17.7. The van der Waals surface area contributed by atoms with Gasteiger partial charge in [-0.15, -0.1) is 0 Å². The maximum absolute atomic E-state index is 12.1. The van der Waals surface area contributed by atoms with Crippen LogP contribution in [0.25, 0.3) is 0 Å². The van der Waals surface area contributed by atoms with Crippen molar-refractivity contribution in [2.45, 2.75) is 44.3 Å². The molecule has 0 atom stereocenters. The Labute approximate surface area is 186 Å². The molecule has 168 valence electrons. The number of esters is 1. The van der Waals surface area contributed by atoms with Crippen molar-refractivity contribution in [3.05, 3.63) is 54.1 Å². The van der Waals surface area contributed by atoms with Crippen LogP contribution in [-0.4, -0.2) is 36.7 Å². The molecule has 2 aromatic carbocycles. The highest BCUT2D eigenvalue weighted by molar-refractivity contribution is 5.93. The van der Waals surface area contributed by atoms with Gasteiger partial charge in [0.05, 0.1) is 12.8 Å². The normalized spacial score (nSPS) is 15.4. The van der Waals surface area contributed by atoms with E-state index in [0.717, 1.165) is 31.2 Å². The molecule has 1 aliphatic carbocycles. The summed E-state index contributed by atoms with van der Waals surface area (Å²) in [6.07, 6.45) is 4.08. The molecular formula is C24H26N2O6. The molecule has 2 N–H and O–H groups in total. The molecule has 1 aliphatic heterocycles. The van der Waals surface area contributed by atoms with Gasteiger partial charge >= 0.3 is 5.97 Å². The minimum Gasteiger partial charge on any atom is -0.456 e. The quantitative estimate of drug-likeness (QED) is 0.615. The average molecular weight is 438 g/mol. The van der Waals surface area contributed by atoms with Gasteiger partial charge in [-0.05, 0) is 30.5 Å². The molecule has 2 amide bonds. The number of amides is 2. The minimum atomic E-state index is -0.561. The topological polar surface area (TPSA) is 103 Å². The molecule has 1 fully saturated rings. The molecule has 1 heterocycles. The predicted molar refractivity (Wildman–Crippen MR) is 116 cm³/mol. The van der Waals surface area contributed by atoms with E-state index in [1.54, 1.807) is 18.2 Å². The number of carbonyl (C=O) groups excluding carboxylic acids is 3. The van der Waals surface area contributed by atoms with Crippen molar-refractivity contribution in [2.75, 3.05) is 18.5 Å². The minimum absolute atomic E-state index is 0.0140. The van der Waals surface area contributed by atoms with Crippen LogP contribution in [-0.2, 0) is 25.5 Å². The summed E-state index contributed by atoms with van der Waals surface area (Å²) in [5.41, 5.74) is 1.43. The Bertz CT molecular complexity index is 985. The molecular weight excluding hydrogens is 412 g/mol. The highest BCUT2D eigenvalue weighted by Gasteiger charge is 2.44. The zero-order chi connectivity index (χ0) is 22.4. The molecule has 0 saturated heterocycles. The van der Waals surface area contributed by atoms with Crippen LogP contribution in [0.5, 0.6) is 11.5 Å². The first kappa shape index (κ1) is 21.7. The van der Waals surface area contributed by atoms with Gasteiger partial charge in [-0.1, -0.05) is 30.3 Å². The molecule has 2 aromatic rings. The fourth-order valence-electron chi connectivity index (χ4n) is 3.85. The first-order valence-corrected chi connectivity index (χ1v) is 10.8. The van der Waals surface area contributed by atoms with Gasteiger partial charge in [-0.25, -0.2) is 0 Å². The van der Waals surface area contributed by atoms with Crippen molar-refractivity contribution < 1.29 is 28.6 Å². The lowest BCUT2D eigenvalue weighted by Gasteiger charge is -2.21. The van der Waals surface area contributed by atoms with Crippen LogP contribution in [0.15, 0.2) is 48.5 Å². The number of nitrogens with one attached hydrogen (secondary N) is 2. The molecule has 0 radical (unpaired) electrons. The van der Waals surface area contributed by atoms with E-state index >= 15 is 0 Å². The number of carbonyl (C=O) groups is 3. The maximum atomic E-state index is 12.1. The Morgan fingerprint density at radius 2 is 1.69 bits per heavy atom. The molecule has 0 bridgehead atoms. The van der Waals surface area contributed by atoms with Gasteiger partial charge in [0.15, 0.2) is 18.1 Å². The van der Waals surface area contributed by atoms with E-state index in [0.29, 0.717) is 17.2 Å². The molecule has 1 saturated carbocycles. The van der Waals surface area contributed by atoms with E-state index in [2.05, 4.69) is 10.6 Å². The molecule has 1 spiro atoms.